The summed E-state index contributed by atoms with van der Waals surface area (Å²) in [5.74, 6) is 0.767. The molecule has 1 unspecified atom stereocenters. The van der Waals surface area contributed by atoms with Crippen LogP contribution in [0.15, 0.2) is 24.3 Å². The van der Waals surface area contributed by atoms with Crippen LogP contribution in [0.4, 0.5) is 0 Å². The van der Waals surface area contributed by atoms with Crippen LogP contribution in [-0.2, 0) is 4.79 Å². The second-order valence-electron chi connectivity index (χ2n) is 5.55. The van der Waals surface area contributed by atoms with Crippen LogP contribution >= 0.6 is 0 Å². The van der Waals surface area contributed by atoms with Crippen LogP contribution in [0.3, 0.4) is 0 Å². The highest BCUT2D eigenvalue weighted by Crippen LogP contribution is 2.20. The number of likely N-dealkylation sites (tertiary alicyclic amines) is 1. The van der Waals surface area contributed by atoms with Crippen molar-refractivity contribution in [3.8, 4) is 5.75 Å². The number of hydrogen-bond acceptors (Lipinski definition) is 3. The van der Waals surface area contributed by atoms with Crippen LogP contribution in [0.1, 0.15) is 24.8 Å². The van der Waals surface area contributed by atoms with Crippen LogP contribution in [0.2, 0.25) is 0 Å². The Morgan fingerprint density at radius 3 is 3.10 bits per heavy atom. The molecule has 1 aromatic carbocycles. The second-order valence-corrected chi connectivity index (χ2v) is 5.55. The summed E-state index contributed by atoms with van der Waals surface area (Å²) in [6.45, 7) is 5.72. The summed E-state index contributed by atoms with van der Waals surface area (Å²) < 4.78 is 5.75. The summed E-state index contributed by atoms with van der Waals surface area (Å²) in [6, 6.07) is 8.08. The lowest BCUT2D eigenvalue weighted by atomic mass is 10.0. The van der Waals surface area contributed by atoms with Gasteiger partial charge in [-0.25, -0.2) is 0 Å². The fourth-order valence-corrected chi connectivity index (χ4v) is 2.68. The van der Waals surface area contributed by atoms with E-state index in [0.717, 1.165) is 38.2 Å². The zero-order valence-corrected chi connectivity index (χ0v) is 12.0. The lowest BCUT2D eigenvalue weighted by Crippen LogP contribution is -2.26. The minimum absolute atomic E-state index is 0.290. The van der Waals surface area contributed by atoms with Gasteiger partial charge >= 0.3 is 5.97 Å². The Bertz CT molecular complexity index is 447. The number of benzene rings is 1. The van der Waals surface area contributed by atoms with E-state index in [2.05, 4.69) is 17.9 Å². The number of rotatable bonds is 7. The predicted molar refractivity (Wildman–Crippen MR) is 78.1 cm³/mol. The van der Waals surface area contributed by atoms with E-state index in [4.69, 9.17) is 9.84 Å². The Hall–Kier alpha value is -1.55. The van der Waals surface area contributed by atoms with Crippen molar-refractivity contribution < 1.29 is 14.6 Å². The number of nitrogens with zero attached hydrogens (tertiary/aromatic N) is 1. The van der Waals surface area contributed by atoms with Gasteiger partial charge in [-0.15, -0.1) is 0 Å². The van der Waals surface area contributed by atoms with Crippen molar-refractivity contribution in [2.75, 3.05) is 26.2 Å². The first-order valence-electron chi connectivity index (χ1n) is 7.27. The minimum Gasteiger partial charge on any atom is -0.492 e. The molecule has 20 heavy (non-hydrogen) atoms. The number of carbonyl (C=O) groups is 1. The van der Waals surface area contributed by atoms with Crippen molar-refractivity contribution in [1.29, 1.82) is 0 Å². The van der Waals surface area contributed by atoms with E-state index in [-0.39, 0.29) is 6.42 Å². The van der Waals surface area contributed by atoms with E-state index in [9.17, 15) is 4.79 Å². The maximum Gasteiger partial charge on any atom is 0.303 e. The third-order valence-electron chi connectivity index (χ3n) is 3.80. The number of carboxylic acid groups (broad SMARTS) is 1. The fraction of sp³-hybridized carbons (Fsp3) is 0.562. The molecule has 2 rings (SSSR count). The molecule has 0 saturated carbocycles. The molecular formula is C16H23NO3. The molecule has 0 bridgehead atoms. The third-order valence-corrected chi connectivity index (χ3v) is 3.80. The van der Waals surface area contributed by atoms with E-state index >= 15 is 0 Å². The van der Waals surface area contributed by atoms with Gasteiger partial charge in [0.15, 0.2) is 0 Å². The maximum atomic E-state index is 10.6. The van der Waals surface area contributed by atoms with Gasteiger partial charge in [-0.3, -0.25) is 9.69 Å². The van der Waals surface area contributed by atoms with E-state index in [0.29, 0.717) is 12.5 Å². The van der Waals surface area contributed by atoms with Gasteiger partial charge in [-0.2, -0.15) is 0 Å². The SMILES string of the molecule is Cc1cccc(OCCN2CCC(CCC(=O)O)C2)c1. The monoisotopic (exact) mass is 277 g/mol. The molecule has 1 heterocycles. The van der Waals surface area contributed by atoms with E-state index in [1.807, 2.05) is 18.2 Å². The largest absolute Gasteiger partial charge is 0.492 e. The predicted octanol–water partition coefficient (Wildman–Crippen LogP) is 2.56. The van der Waals surface area contributed by atoms with Gasteiger partial charge in [0.1, 0.15) is 12.4 Å². The van der Waals surface area contributed by atoms with Gasteiger partial charge in [0, 0.05) is 19.5 Å². The second kappa shape index (κ2) is 7.29. The quantitative estimate of drug-likeness (QED) is 0.832. The molecule has 0 amide bonds. The lowest BCUT2D eigenvalue weighted by Gasteiger charge is -2.16. The Morgan fingerprint density at radius 2 is 2.35 bits per heavy atom. The fourth-order valence-electron chi connectivity index (χ4n) is 2.68. The van der Waals surface area contributed by atoms with Gasteiger partial charge in [-0.05, 0) is 49.9 Å². The van der Waals surface area contributed by atoms with Crippen LogP contribution in [-0.4, -0.2) is 42.2 Å². The molecule has 0 aromatic heterocycles. The number of hydrogen-bond donors (Lipinski definition) is 1. The van der Waals surface area contributed by atoms with E-state index in [1.165, 1.54) is 5.56 Å². The Kier molecular flexibility index (Phi) is 5.41. The first kappa shape index (κ1) is 14.9. The summed E-state index contributed by atoms with van der Waals surface area (Å²) in [6.07, 6.45) is 2.20. The highest BCUT2D eigenvalue weighted by molar-refractivity contribution is 5.66. The molecular weight excluding hydrogens is 254 g/mol. The molecule has 4 heteroatoms. The summed E-state index contributed by atoms with van der Waals surface area (Å²) >= 11 is 0. The van der Waals surface area contributed by atoms with Crippen molar-refractivity contribution in [1.82, 2.24) is 4.90 Å². The molecule has 1 aliphatic heterocycles. The van der Waals surface area contributed by atoms with Crippen molar-refractivity contribution in [2.45, 2.75) is 26.2 Å². The highest BCUT2D eigenvalue weighted by atomic mass is 16.5. The molecule has 1 fully saturated rings. The topological polar surface area (TPSA) is 49.8 Å². The maximum absolute atomic E-state index is 10.6. The molecule has 1 aliphatic rings. The standard InChI is InChI=1S/C16H23NO3/c1-13-3-2-4-15(11-13)20-10-9-17-8-7-14(12-17)5-6-16(18)19/h2-4,11,14H,5-10,12H2,1H3,(H,18,19). The van der Waals surface area contributed by atoms with Crippen molar-refractivity contribution in [3.63, 3.8) is 0 Å². The van der Waals surface area contributed by atoms with Crippen molar-refractivity contribution in [2.24, 2.45) is 5.92 Å². The van der Waals surface area contributed by atoms with E-state index < -0.39 is 5.97 Å². The third kappa shape index (κ3) is 4.85. The first-order chi connectivity index (χ1) is 9.63. The van der Waals surface area contributed by atoms with Crippen LogP contribution in [0.5, 0.6) is 5.75 Å². The molecule has 4 nitrogen and oxygen atoms in total. The number of carboxylic acids is 1. The van der Waals surface area contributed by atoms with Gasteiger partial charge in [0.2, 0.25) is 0 Å². The Balaban J connectivity index is 1.64. The van der Waals surface area contributed by atoms with Gasteiger partial charge in [-0.1, -0.05) is 12.1 Å². The Labute approximate surface area is 120 Å². The van der Waals surface area contributed by atoms with Crippen molar-refractivity contribution in [3.05, 3.63) is 29.8 Å². The number of aryl methyl sites for hydroxylation is 1. The number of ether oxygens (including phenoxy) is 1. The smallest absolute Gasteiger partial charge is 0.303 e. The lowest BCUT2D eigenvalue weighted by molar-refractivity contribution is -0.137. The van der Waals surface area contributed by atoms with Crippen LogP contribution in [0.25, 0.3) is 0 Å². The molecule has 1 N–H and O–H groups in total. The summed E-state index contributed by atoms with van der Waals surface area (Å²) in [4.78, 5) is 12.9. The van der Waals surface area contributed by atoms with Crippen LogP contribution < -0.4 is 4.74 Å². The van der Waals surface area contributed by atoms with Gasteiger partial charge < -0.3 is 9.84 Å². The average molecular weight is 277 g/mol. The van der Waals surface area contributed by atoms with Crippen LogP contribution in [0, 0.1) is 12.8 Å². The Morgan fingerprint density at radius 1 is 1.50 bits per heavy atom. The first-order valence-corrected chi connectivity index (χ1v) is 7.27. The van der Waals surface area contributed by atoms with Gasteiger partial charge in [0.25, 0.3) is 0 Å². The molecule has 110 valence electrons. The zero-order chi connectivity index (χ0) is 14.4. The normalized spacial score (nSPS) is 19.1. The zero-order valence-electron chi connectivity index (χ0n) is 12.0. The minimum atomic E-state index is -0.689. The molecule has 1 saturated heterocycles. The van der Waals surface area contributed by atoms with E-state index in [1.54, 1.807) is 0 Å². The number of aliphatic carboxylic acids is 1. The van der Waals surface area contributed by atoms with Gasteiger partial charge in [0.05, 0.1) is 0 Å². The molecule has 0 aliphatic carbocycles. The molecule has 1 aromatic rings. The molecule has 1 atom stereocenters. The summed E-state index contributed by atoms with van der Waals surface area (Å²) in [5, 5.41) is 8.70. The highest BCUT2D eigenvalue weighted by Gasteiger charge is 2.22. The summed E-state index contributed by atoms with van der Waals surface area (Å²) in [7, 11) is 0. The molecule has 0 radical (unpaired) electrons. The average Bonchev–Trinajstić information content (AvgIpc) is 2.84. The summed E-state index contributed by atoms with van der Waals surface area (Å²) in [5.41, 5.74) is 1.21. The molecule has 0 spiro atoms. The van der Waals surface area contributed by atoms with Crippen molar-refractivity contribution >= 4 is 5.97 Å².